The number of carbonyl (C=O) groups excluding carboxylic acids is 1. The van der Waals surface area contributed by atoms with E-state index in [9.17, 15) is 4.79 Å². The normalized spacial score (nSPS) is 16.1. The Balaban J connectivity index is 1.23. The van der Waals surface area contributed by atoms with Crippen LogP contribution in [0.3, 0.4) is 0 Å². The molecule has 6 nitrogen and oxygen atoms in total. The molecule has 0 spiro atoms. The van der Waals surface area contributed by atoms with Gasteiger partial charge in [0.1, 0.15) is 5.69 Å². The molecule has 0 unspecified atom stereocenters. The Bertz CT molecular complexity index is 1430. The van der Waals surface area contributed by atoms with Crippen LogP contribution in [0.1, 0.15) is 38.3 Å². The van der Waals surface area contributed by atoms with Crippen molar-refractivity contribution in [1.29, 1.82) is 0 Å². The van der Waals surface area contributed by atoms with Crippen molar-refractivity contribution < 1.29 is 4.79 Å². The number of terminal acetylenes is 2. The van der Waals surface area contributed by atoms with Crippen LogP contribution in [0.4, 0.5) is 11.4 Å². The van der Waals surface area contributed by atoms with E-state index in [-0.39, 0.29) is 5.91 Å². The second-order valence-electron chi connectivity index (χ2n) is 10.3. The lowest BCUT2D eigenvalue weighted by Crippen LogP contribution is -2.49. The predicted octanol–water partition coefficient (Wildman–Crippen LogP) is 3.95. The lowest BCUT2D eigenvalue weighted by atomic mass is 9.98. The largest absolute Gasteiger partial charge is 0.368 e. The fourth-order valence-electron chi connectivity index (χ4n) is 5.64. The lowest BCUT2D eigenvalue weighted by Gasteiger charge is -2.37. The number of para-hydroxylation sites is 1. The molecular formula is C33H35N5O. The van der Waals surface area contributed by atoms with Gasteiger partial charge in [-0.3, -0.25) is 9.69 Å². The Kier molecular flexibility index (Phi) is 7.87. The first kappa shape index (κ1) is 26.4. The van der Waals surface area contributed by atoms with Crippen LogP contribution in [-0.4, -0.2) is 73.0 Å². The number of hydrogen-bond donors (Lipinski definition) is 0. The zero-order chi connectivity index (χ0) is 27.4. The van der Waals surface area contributed by atoms with Crippen molar-refractivity contribution in [1.82, 2.24) is 14.8 Å². The fourth-order valence-corrected chi connectivity index (χ4v) is 5.64. The number of hydrogen-bond acceptors (Lipinski definition) is 5. The van der Waals surface area contributed by atoms with Gasteiger partial charge in [-0.25, -0.2) is 4.98 Å². The summed E-state index contributed by atoms with van der Waals surface area (Å²) < 4.78 is 0. The van der Waals surface area contributed by atoms with Crippen molar-refractivity contribution in [3.63, 3.8) is 0 Å². The smallest absolute Gasteiger partial charge is 0.254 e. The third kappa shape index (κ3) is 5.62. The molecule has 0 bridgehead atoms. The van der Waals surface area contributed by atoms with E-state index in [1.807, 2.05) is 42.2 Å². The van der Waals surface area contributed by atoms with E-state index in [0.29, 0.717) is 18.8 Å². The van der Waals surface area contributed by atoms with Crippen molar-refractivity contribution in [3.8, 4) is 24.7 Å². The SMILES string of the molecule is C#Cc1ccccc1N1CCN(Cc2cc(C(=O)N3CCN(c4cccnc4C#C)CC3)c(C)cc2C)CC1. The summed E-state index contributed by atoms with van der Waals surface area (Å²) in [6, 6.07) is 16.3. The standard InChI is InChI=1S/C33H35N5O/c1-5-27-10-7-8-11-31(27)36-16-14-35(15-17-36)24-28-23-29(26(4)22-25(28)3)33(39)38-20-18-37(19-21-38)32-12-9-13-34-30(32)6-2/h1-2,7-13,22-23H,14-21,24H2,3-4H3. The minimum absolute atomic E-state index is 0.104. The molecule has 39 heavy (non-hydrogen) atoms. The molecule has 2 aromatic carbocycles. The Labute approximate surface area is 232 Å². The van der Waals surface area contributed by atoms with E-state index in [0.717, 1.165) is 73.9 Å². The molecule has 3 heterocycles. The van der Waals surface area contributed by atoms with Gasteiger partial charge in [0.25, 0.3) is 5.91 Å². The van der Waals surface area contributed by atoms with Gasteiger partial charge in [-0.05, 0) is 66.8 Å². The third-order valence-corrected chi connectivity index (χ3v) is 7.91. The van der Waals surface area contributed by atoms with E-state index in [2.05, 4.69) is 56.6 Å². The van der Waals surface area contributed by atoms with Gasteiger partial charge < -0.3 is 14.7 Å². The maximum absolute atomic E-state index is 13.6. The summed E-state index contributed by atoms with van der Waals surface area (Å²) >= 11 is 0. The molecule has 1 aromatic heterocycles. The van der Waals surface area contributed by atoms with Crippen LogP contribution in [0, 0.1) is 38.5 Å². The van der Waals surface area contributed by atoms with Gasteiger partial charge >= 0.3 is 0 Å². The molecule has 0 N–H and O–H groups in total. The second-order valence-corrected chi connectivity index (χ2v) is 10.3. The summed E-state index contributed by atoms with van der Waals surface area (Å²) in [5.74, 6) is 5.59. The van der Waals surface area contributed by atoms with E-state index in [4.69, 9.17) is 12.8 Å². The predicted molar refractivity (Wildman–Crippen MR) is 158 cm³/mol. The van der Waals surface area contributed by atoms with Crippen LogP contribution >= 0.6 is 0 Å². The lowest BCUT2D eigenvalue weighted by molar-refractivity contribution is 0.0746. The van der Waals surface area contributed by atoms with Gasteiger partial charge in [-0.15, -0.1) is 12.8 Å². The van der Waals surface area contributed by atoms with Crippen LogP contribution in [0.5, 0.6) is 0 Å². The average molecular weight is 518 g/mol. The zero-order valence-corrected chi connectivity index (χ0v) is 22.9. The molecule has 0 radical (unpaired) electrons. The van der Waals surface area contributed by atoms with Gasteiger partial charge in [-0.1, -0.05) is 24.1 Å². The molecule has 2 fully saturated rings. The highest BCUT2D eigenvalue weighted by molar-refractivity contribution is 5.96. The van der Waals surface area contributed by atoms with Gasteiger partial charge in [0.15, 0.2) is 0 Å². The quantitative estimate of drug-likeness (QED) is 0.480. The summed E-state index contributed by atoms with van der Waals surface area (Å²) in [5, 5.41) is 0. The van der Waals surface area contributed by atoms with E-state index in [1.54, 1.807) is 6.20 Å². The molecule has 198 valence electrons. The van der Waals surface area contributed by atoms with Gasteiger partial charge in [-0.2, -0.15) is 0 Å². The number of aromatic nitrogens is 1. The Morgan fingerprint density at radius 3 is 2.21 bits per heavy atom. The molecule has 0 aliphatic carbocycles. The number of piperazine rings is 2. The summed E-state index contributed by atoms with van der Waals surface area (Å²) in [4.78, 5) is 27.0. The number of pyridine rings is 1. The van der Waals surface area contributed by atoms with E-state index >= 15 is 0 Å². The van der Waals surface area contributed by atoms with Crippen LogP contribution in [0.15, 0.2) is 54.7 Å². The highest BCUT2D eigenvalue weighted by Crippen LogP contribution is 2.25. The topological polar surface area (TPSA) is 42.9 Å². The van der Waals surface area contributed by atoms with Crippen LogP contribution in [-0.2, 0) is 6.54 Å². The zero-order valence-electron chi connectivity index (χ0n) is 22.9. The minimum atomic E-state index is 0.104. The summed E-state index contributed by atoms with van der Waals surface area (Å²) in [5.41, 5.74) is 7.97. The Hall–Kier alpha value is -4.26. The molecule has 3 aromatic rings. The summed E-state index contributed by atoms with van der Waals surface area (Å²) in [6.45, 7) is 11.5. The van der Waals surface area contributed by atoms with Crippen LogP contribution in [0.25, 0.3) is 0 Å². The second kappa shape index (κ2) is 11.6. The van der Waals surface area contributed by atoms with Crippen molar-refractivity contribution in [2.45, 2.75) is 20.4 Å². The molecule has 2 saturated heterocycles. The molecule has 1 amide bonds. The number of nitrogens with zero attached hydrogens (tertiary/aromatic N) is 5. The third-order valence-electron chi connectivity index (χ3n) is 7.91. The van der Waals surface area contributed by atoms with Crippen molar-refractivity contribution in [2.75, 3.05) is 62.2 Å². The van der Waals surface area contributed by atoms with Gasteiger partial charge in [0, 0.05) is 76.2 Å². The maximum Gasteiger partial charge on any atom is 0.254 e. The first-order valence-corrected chi connectivity index (χ1v) is 13.6. The molecule has 0 atom stereocenters. The number of amides is 1. The molecule has 0 saturated carbocycles. The summed E-state index contributed by atoms with van der Waals surface area (Å²) in [6.07, 6.45) is 13.1. The van der Waals surface area contributed by atoms with Crippen molar-refractivity contribution >= 4 is 17.3 Å². The Morgan fingerprint density at radius 1 is 0.821 bits per heavy atom. The monoisotopic (exact) mass is 517 g/mol. The molecular weight excluding hydrogens is 482 g/mol. The molecule has 2 aliphatic rings. The first-order chi connectivity index (χ1) is 19.0. The first-order valence-electron chi connectivity index (χ1n) is 13.6. The minimum Gasteiger partial charge on any atom is -0.368 e. The van der Waals surface area contributed by atoms with E-state index < -0.39 is 0 Å². The van der Waals surface area contributed by atoms with Crippen LogP contribution < -0.4 is 9.80 Å². The van der Waals surface area contributed by atoms with Crippen LogP contribution in [0.2, 0.25) is 0 Å². The van der Waals surface area contributed by atoms with Gasteiger partial charge in [0.05, 0.1) is 11.4 Å². The highest BCUT2D eigenvalue weighted by Gasteiger charge is 2.26. The molecule has 5 rings (SSSR count). The number of aryl methyl sites for hydroxylation is 2. The molecule has 6 heteroatoms. The van der Waals surface area contributed by atoms with E-state index in [1.165, 1.54) is 11.1 Å². The Morgan fingerprint density at radius 2 is 1.49 bits per heavy atom. The highest BCUT2D eigenvalue weighted by atomic mass is 16.2. The number of benzene rings is 2. The fraction of sp³-hybridized carbons (Fsp3) is 0.333. The number of rotatable bonds is 5. The number of carbonyl (C=O) groups is 1. The van der Waals surface area contributed by atoms with Crippen molar-refractivity contribution in [3.05, 3.63) is 88.2 Å². The summed E-state index contributed by atoms with van der Waals surface area (Å²) in [7, 11) is 0. The van der Waals surface area contributed by atoms with Gasteiger partial charge in [0.2, 0.25) is 0 Å². The number of anilines is 2. The molecule has 2 aliphatic heterocycles. The maximum atomic E-state index is 13.6. The van der Waals surface area contributed by atoms with Crippen molar-refractivity contribution in [2.24, 2.45) is 0 Å². The average Bonchev–Trinajstić information content (AvgIpc) is 2.98.